The molecule has 0 unspecified atom stereocenters. The van der Waals surface area contributed by atoms with E-state index in [0.29, 0.717) is 17.0 Å². The highest BCUT2D eigenvalue weighted by atomic mass is 32.1. The maximum absolute atomic E-state index is 12.7. The van der Waals surface area contributed by atoms with Gasteiger partial charge in [-0.3, -0.25) is 9.59 Å². The Hall–Kier alpha value is -3.33. The number of hydrogen-bond acceptors (Lipinski definition) is 4. The molecule has 5 nitrogen and oxygen atoms in total. The number of ether oxygens (including phenoxy) is 1. The predicted molar refractivity (Wildman–Crippen MR) is 111 cm³/mol. The topological polar surface area (TPSA) is 58.6 Å². The van der Waals surface area contributed by atoms with Crippen molar-refractivity contribution in [2.24, 2.45) is 0 Å². The normalized spacial score (nSPS) is 11.1. The van der Waals surface area contributed by atoms with Gasteiger partial charge in [0.05, 0.1) is 4.88 Å². The van der Waals surface area contributed by atoms with Crippen LogP contribution in [0, 0.1) is 0 Å². The van der Waals surface area contributed by atoms with E-state index >= 15 is 0 Å². The van der Waals surface area contributed by atoms with Crippen molar-refractivity contribution in [2.75, 3.05) is 7.05 Å². The number of nitrogens with one attached hydrogen (secondary N) is 1. The predicted octanol–water partition coefficient (Wildman–Crippen LogP) is 4.85. The first kappa shape index (κ1) is 22.4. The standard InChI is InChI=1S/C22H19F3N2O3S/c1-27(14-17-5-2-3-6-18(17)30-22(23,24)25)21(29)16-10-8-15(9-11-16)13-26-20(28)19-7-4-12-31-19/h2-12H,13-14H2,1H3,(H,26,28). The maximum atomic E-state index is 12.7. The summed E-state index contributed by atoms with van der Waals surface area (Å²) in [5.74, 6) is -0.864. The van der Waals surface area contributed by atoms with Crippen LogP contribution in [0.1, 0.15) is 31.2 Å². The first-order valence-electron chi connectivity index (χ1n) is 9.23. The molecule has 1 N–H and O–H groups in total. The summed E-state index contributed by atoms with van der Waals surface area (Å²) in [5.41, 5.74) is 1.43. The monoisotopic (exact) mass is 448 g/mol. The molecule has 162 valence electrons. The van der Waals surface area contributed by atoms with Gasteiger partial charge in [0.1, 0.15) is 5.75 Å². The van der Waals surface area contributed by atoms with Crippen LogP contribution in [0.25, 0.3) is 0 Å². The summed E-state index contributed by atoms with van der Waals surface area (Å²) in [4.78, 5) is 26.6. The molecule has 0 fully saturated rings. The molecule has 2 aromatic carbocycles. The quantitative estimate of drug-likeness (QED) is 0.562. The number of alkyl halides is 3. The van der Waals surface area contributed by atoms with Crippen molar-refractivity contribution >= 4 is 23.2 Å². The van der Waals surface area contributed by atoms with E-state index in [1.165, 1.54) is 41.5 Å². The van der Waals surface area contributed by atoms with Crippen LogP contribution in [-0.4, -0.2) is 30.1 Å². The Labute approximate surface area is 181 Å². The van der Waals surface area contributed by atoms with E-state index in [1.54, 1.807) is 42.5 Å². The highest BCUT2D eigenvalue weighted by Gasteiger charge is 2.32. The molecule has 0 aliphatic rings. The van der Waals surface area contributed by atoms with Crippen LogP contribution in [0.3, 0.4) is 0 Å². The SMILES string of the molecule is CN(Cc1ccccc1OC(F)(F)F)C(=O)c1ccc(CNC(=O)c2cccs2)cc1. The lowest BCUT2D eigenvalue weighted by Crippen LogP contribution is -2.27. The number of rotatable bonds is 7. The summed E-state index contributed by atoms with van der Waals surface area (Å²) in [5, 5.41) is 4.62. The summed E-state index contributed by atoms with van der Waals surface area (Å²) in [6.07, 6.45) is -4.81. The molecular weight excluding hydrogens is 429 g/mol. The van der Waals surface area contributed by atoms with Crippen molar-refractivity contribution in [1.82, 2.24) is 10.2 Å². The van der Waals surface area contributed by atoms with E-state index < -0.39 is 6.36 Å². The molecule has 0 aliphatic heterocycles. The number of thiophene rings is 1. The third-order valence-corrected chi connectivity index (χ3v) is 5.22. The fourth-order valence-electron chi connectivity index (χ4n) is 2.85. The Bertz CT molecular complexity index is 1030. The van der Waals surface area contributed by atoms with E-state index in [1.807, 2.05) is 5.38 Å². The van der Waals surface area contributed by atoms with Crippen LogP contribution in [0.5, 0.6) is 5.75 Å². The van der Waals surface area contributed by atoms with Gasteiger partial charge in [-0.15, -0.1) is 24.5 Å². The third kappa shape index (κ3) is 6.32. The van der Waals surface area contributed by atoms with Crippen molar-refractivity contribution in [3.63, 3.8) is 0 Å². The third-order valence-electron chi connectivity index (χ3n) is 4.35. The lowest BCUT2D eigenvalue weighted by Gasteiger charge is -2.20. The molecule has 2 amide bonds. The second-order valence-corrected chi connectivity index (χ2v) is 7.62. The Morgan fingerprint density at radius 3 is 2.39 bits per heavy atom. The van der Waals surface area contributed by atoms with Gasteiger partial charge in [-0.05, 0) is 35.2 Å². The summed E-state index contributed by atoms with van der Waals surface area (Å²) in [6.45, 7) is 0.257. The maximum Gasteiger partial charge on any atom is 0.573 e. The minimum atomic E-state index is -4.81. The summed E-state index contributed by atoms with van der Waals surface area (Å²) < 4.78 is 41.8. The van der Waals surface area contributed by atoms with Gasteiger partial charge >= 0.3 is 6.36 Å². The van der Waals surface area contributed by atoms with Crippen LogP contribution in [0.15, 0.2) is 66.0 Å². The van der Waals surface area contributed by atoms with Crippen LogP contribution < -0.4 is 10.1 Å². The van der Waals surface area contributed by atoms with Crippen molar-refractivity contribution in [2.45, 2.75) is 19.5 Å². The second kappa shape index (κ2) is 9.65. The van der Waals surface area contributed by atoms with Crippen LogP contribution in [0.4, 0.5) is 13.2 Å². The second-order valence-electron chi connectivity index (χ2n) is 6.67. The lowest BCUT2D eigenvalue weighted by molar-refractivity contribution is -0.275. The summed E-state index contributed by atoms with van der Waals surface area (Å²) in [6, 6.07) is 15.9. The molecule has 0 atom stereocenters. The van der Waals surface area contributed by atoms with Crippen molar-refractivity contribution < 1.29 is 27.5 Å². The van der Waals surface area contributed by atoms with Gasteiger partial charge in [-0.2, -0.15) is 0 Å². The Balaban J connectivity index is 1.60. The first-order chi connectivity index (χ1) is 14.7. The smallest absolute Gasteiger partial charge is 0.405 e. The zero-order chi connectivity index (χ0) is 22.4. The first-order valence-corrected chi connectivity index (χ1v) is 10.1. The van der Waals surface area contributed by atoms with Gasteiger partial charge in [0, 0.05) is 31.3 Å². The minimum Gasteiger partial charge on any atom is -0.405 e. The molecule has 1 heterocycles. The average Bonchev–Trinajstić information content (AvgIpc) is 3.27. The summed E-state index contributed by atoms with van der Waals surface area (Å²) in [7, 11) is 1.50. The number of hydrogen-bond donors (Lipinski definition) is 1. The molecule has 31 heavy (non-hydrogen) atoms. The number of carbonyl (C=O) groups excluding carboxylic acids is 2. The van der Waals surface area contributed by atoms with Crippen LogP contribution >= 0.6 is 11.3 Å². The highest BCUT2D eigenvalue weighted by Crippen LogP contribution is 2.27. The number of benzene rings is 2. The molecule has 0 spiro atoms. The van der Waals surface area contributed by atoms with Crippen molar-refractivity contribution in [3.05, 3.63) is 87.6 Å². The number of halogens is 3. The molecular formula is C22H19F3N2O3S. The van der Waals surface area contributed by atoms with Crippen molar-refractivity contribution in [1.29, 1.82) is 0 Å². The lowest BCUT2D eigenvalue weighted by atomic mass is 10.1. The molecule has 1 aromatic heterocycles. The number of nitrogens with zero attached hydrogens (tertiary/aromatic N) is 1. The molecule has 0 radical (unpaired) electrons. The Kier molecular flexibility index (Phi) is 6.96. The van der Waals surface area contributed by atoms with Gasteiger partial charge in [0.15, 0.2) is 0 Å². The van der Waals surface area contributed by atoms with E-state index in [-0.39, 0.29) is 29.7 Å². The van der Waals surface area contributed by atoms with Gasteiger partial charge < -0.3 is 15.0 Å². The van der Waals surface area contributed by atoms with Gasteiger partial charge in [0.25, 0.3) is 11.8 Å². The van der Waals surface area contributed by atoms with Gasteiger partial charge in [-0.1, -0.05) is 36.4 Å². The zero-order valence-corrected chi connectivity index (χ0v) is 17.3. The van der Waals surface area contributed by atoms with Gasteiger partial charge in [-0.25, -0.2) is 0 Å². The van der Waals surface area contributed by atoms with E-state index in [4.69, 9.17) is 0 Å². The van der Waals surface area contributed by atoms with Crippen LogP contribution in [0.2, 0.25) is 0 Å². The molecule has 0 aliphatic carbocycles. The molecule has 3 aromatic rings. The molecule has 0 bridgehead atoms. The van der Waals surface area contributed by atoms with Crippen LogP contribution in [-0.2, 0) is 13.1 Å². The number of carbonyl (C=O) groups is 2. The molecule has 9 heteroatoms. The number of para-hydroxylation sites is 1. The summed E-state index contributed by atoms with van der Waals surface area (Å²) >= 11 is 1.35. The fourth-order valence-corrected chi connectivity index (χ4v) is 3.49. The van der Waals surface area contributed by atoms with E-state index in [0.717, 1.165) is 5.56 Å². The highest BCUT2D eigenvalue weighted by molar-refractivity contribution is 7.12. The van der Waals surface area contributed by atoms with E-state index in [9.17, 15) is 22.8 Å². The van der Waals surface area contributed by atoms with Crippen molar-refractivity contribution in [3.8, 4) is 5.75 Å². The average molecular weight is 448 g/mol. The Morgan fingerprint density at radius 1 is 1.03 bits per heavy atom. The zero-order valence-electron chi connectivity index (χ0n) is 16.5. The Morgan fingerprint density at radius 2 is 1.74 bits per heavy atom. The largest absolute Gasteiger partial charge is 0.573 e. The molecule has 0 saturated heterocycles. The fraction of sp³-hybridized carbons (Fsp3) is 0.182. The number of amides is 2. The molecule has 0 saturated carbocycles. The van der Waals surface area contributed by atoms with Gasteiger partial charge in [0.2, 0.25) is 0 Å². The van der Waals surface area contributed by atoms with E-state index in [2.05, 4.69) is 10.1 Å². The molecule has 3 rings (SSSR count). The minimum absolute atomic E-state index is 0.0519.